The smallest absolute Gasteiger partial charge is 0.336 e. The van der Waals surface area contributed by atoms with E-state index in [4.69, 9.17) is 14.7 Å². The summed E-state index contributed by atoms with van der Waals surface area (Å²) >= 11 is 4.49. The molecule has 2 atom stereocenters. The molecule has 4 rings (SSSR count). The van der Waals surface area contributed by atoms with Gasteiger partial charge in [0.25, 0.3) is 5.85 Å². The van der Waals surface area contributed by atoms with Gasteiger partial charge in [-0.2, -0.15) is 12.6 Å². The van der Waals surface area contributed by atoms with Crippen molar-refractivity contribution in [3.05, 3.63) is 95.3 Å². The van der Waals surface area contributed by atoms with Crippen LogP contribution in [0.3, 0.4) is 0 Å². The van der Waals surface area contributed by atoms with Gasteiger partial charge in [0.1, 0.15) is 5.82 Å². The highest BCUT2D eigenvalue weighted by molar-refractivity contribution is 7.81. The molecule has 1 aliphatic rings. The summed E-state index contributed by atoms with van der Waals surface area (Å²) in [6.07, 6.45) is 1.94. The third-order valence-corrected chi connectivity index (χ3v) is 7.38. The van der Waals surface area contributed by atoms with Crippen molar-refractivity contribution in [2.75, 3.05) is 13.2 Å². The standard InChI is InChI=1S/C32H34FN3O4S/c1-3-27-28(20-34-30(37)29(41)17-14-21-10-6-5-7-11-21)36-32(35-27,40-4-2)19-23-16-15-22(18-26(23)33)24-12-8-9-13-25(24)31(38)39/h5-13,15-16,18,29,41H,3-4,14,17,19-20H2,1-2H3,(H,34,37)(H,38,39). The van der Waals surface area contributed by atoms with Gasteiger partial charge in [0.2, 0.25) is 5.91 Å². The molecule has 0 spiro atoms. The van der Waals surface area contributed by atoms with Crippen molar-refractivity contribution in [3.63, 3.8) is 0 Å². The maximum absolute atomic E-state index is 15.4. The molecule has 0 radical (unpaired) electrons. The molecule has 3 aromatic carbocycles. The van der Waals surface area contributed by atoms with Crippen molar-refractivity contribution >= 4 is 35.9 Å². The summed E-state index contributed by atoms with van der Waals surface area (Å²) in [6, 6.07) is 21.0. The summed E-state index contributed by atoms with van der Waals surface area (Å²) < 4.78 is 21.4. The molecule has 3 aromatic rings. The van der Waals surface area contributed by atoms with Crippen LogP contribution in [-0.4, -0.2) is 52.7 Å². The van der Waals surface area contributed by atoms with Crippen LogP contribution in [0.5, 0.6) is 0 Å². The molecule has 2 N–H and O–H groups in total. The minimum Gasteiger partial charge on any atom is -0.478 e. The molecule has 7 nitrogen and oxygen atoms in total. The number of aryl methyl sites for hydroxylation is 1. The number of aliphatic imine (C=N–C) groups is 2. The average Bonchev–Trinajstić information content (AvgIpc) is 3.33. The fraction of sp³-hybridized carbons (Fsp3) is 0.312. The Bertz CT molecular complexity index is 1460. The lowest BCUT2D eigenvalue weighted by Gasteiger charge is -2.23. The highest BCUT2D eigenvalue weighted by Gasteiger charge is 2.37. The van der Waals surface area contributed by atoms with E-state index < -0.39 is 22.9 Å². The van der Waals surface area contributed by atoms with E-state index in [1.54, 1.807) is 30.3 Å². The number of hydrogen-bond donors (Lipinski definition) is 3. The predicted octanol–water partition coefficient (Wildman–Crippen LogP) is 5.78. The molecule has 2 unspecified atom stereocenters. The second-order valence-electron chi connectivity index (χ2n) is 9.74. The molecule has 1 amide bonds. The highest BCUT2D eigenvalue weighted by Crippen LogP contribution is 2.31. The molecule has 41 heavy (non-hydrogen) atoms. The Hall–Kier alpha value is -3.82. The van der Waals surface area contributed by atoms with Gasteiger partial charge in [-0.1, -0.05) is 67.6 Å². The summed E-state index contributed by atoms with van der Waals surface area (Å²) in [7, 11) is 0. The summed E-state index contributed by atoms with van der Waals surface area (Å²) in [4.78, 5) is 33.9. The number of thiol groups is 1. The zero-order valence-electron chi connectivity index (χ0n) is 23.1. The Balaban J connectivity index is 1.48. The lowest BCUT2D eigenvalue weighted by molar-refractivity contribution is -0.120. The quantitative estimate of drug-likeness (QED) is 0.225. The van der Waals surface area contributed by atoms with Crippen molar-refractivity contribution in [2.45, 2.75) is 50.6 Å². The van der Waals surface area contributed by atoms with E-state index in [2.05, 4.69) is 17.9 Å². The van der Waals surface area contributed by atoms with Crippen molar-refractivity contribution < 1.29 is 23.8 Å². The van der Waals surface area contributed by atoms with Gasteiger partial charge in [0.05, 0.1) is 28.8 Å². The van der Waals surface area contributed by atoms with Gasteiger partial charge in [0.15, 0.2) is 0 Å². The molecular formula is C32H34FN3O4S. The van der Waals surface area contributed by atoms with Crippen LogP contribution in [0.2, 0.25) is 0 Å². The number of carboxylic acid groups (broad SMARTS) is 1. The average molecular weight is 576 g/mol. The van der Waals surface area contributed by atoms with Crippen molar-refractivity contribution in [2.24, 2.45) is 9.98 Å². The molecular weight excluding hydrogens is 541 g/mol. The first-order valence-electron chi connectivity index (χ1n) is 13.7. The Morgan fingerprint density at radius 3 is 2.41 bits per heavy atom. The Morgan fingerprint density at radius 2 is 1.73 bits per heavy atom. The van der Waals surface area contributed by atoms with Crippen LogP contribution in [-0.2, 0) is 22.4 Å². The second-order valence-corrected chi connectivity index (χ2v) is 10.4. The van der Waals surface area contributed by atoms with Crippen LogP contribution in [0.1, 0.15) is 48.2 Å². The second kappa shape index (κ2) is 13.7. The molecule has 0 saturated carbocycles. The minimum atomic E-state index is -1.35. The lowest BCUT2D eigenvalue weighted by atomic mass is 9.97. The van der Waals surface area contributed by atoms with Crippen LogP contribution >= 0.6 is 12.6 Å². The van der Waals surface area contributed by atoms with Gasteiger partial charge < -0.3 is 15.2 Å². The van der Waals surface area contributed by atoms with E-state index in [9.17, 15) is 14.7 Å². The van der Waals surface area contributed by atoms with E-state index >= 15 is 4.39 Å². The molecule has 0 aliphatic carbocycles. The monoisotopic (exact) mass is 575 g/mol. The zero-order chi connectivity index (χ0) is 29.4. The maximum atomic E-state index is 15.4. The third kappa shape index (κ3) is 7.48. The van der Waals surface area contributed by atoms with Crippen molar-refractivity contribution in [3.8, 4) is 11.1 Å². The van der Waals surface area contributed by atoms with Gasteiger partial charge >= 0.3 is 5.97 Å². The number of ether oxygens (including phenoxy) is 1. The number of carbonyl (C=O) groups excluding carboxylic acids is 1. The lowest BCUT2D eigenvalue weighted by Crippen LogP contribution is -2.37. The molecule has 9 heteroatoms. The molecule has 0 saturated heterocycles. The largest absolute Gasteiger partial charge is 0.478 e. The highest BCUT2D eigenvalue weighted by atomic mass is 32.1. The molecule has 0 bridgehead atoms. The number of carboxylic acids is 1. The van der Waals surface area contributed by atoms with Gasteiger partial charge in [-0.3, -0.25) is 4.79 Å². The van der Waals surface area contributed by atoms with Crippen molar-refractivity contribution in [1.29, 1.82) is 0 Å². The number of nitrogens with zero attached hydrogens (tertiary/aromatic N) is 2. The number of aromatic carboxylic acids is 1. The number of benzene rings is 3. The number of amides is 1. The fourth-order valence-electron chi connectivity index (χ4n) is 4.82. The van der Waals surface area contributed by atoms with E-state index in [1.165, 1.54) is 12.1 Å². The van der Waals surface area contributed by atoms with Gasteiger partial charge in [-0.25, -0.2) is 19.2 Å². The van der Waals surface area contributed by atoms with Crippen LogP contribution < -0.4 is 5.32 Å². The van der Waals surface area contributed by atoms with E-state index in [-0.39, 0.29) is 24.4 Å². The topological polar surface area (TPSA) is 100 Å². The normalized spacial score (nSPS) is 17.1. The summed E-state index contributed by atoms with van der Waals surface area (Å²) in [5.74, 6) is -3.14. The zero-order valence-corrected chi connectivity index (χ0v) is 24.0. The van der Waals surface area contributed by atoms with Crippen molar-refractivity contribution in [1.82, 2.24) is 5.32 Å². The fourth-order valence-corrected chi connectivity index (χ4v) is 5.04. The summed E-state index contributed by atoms with van der Waals surface area (Å²) in [5, 5.41) is 12.0. The Kier molecular flexibility index (Phi) is 10.1. The van der Waals surface area contributed by atoms with Crippen LogP contribution in [0.4, 0.5) is 4.39 Å². The molecule has 0 aromatic heterocycles. The number of halogens is 1. The number of rotatable bonds is 13. The Labute approximate surface area is 245 Å². The molecule has 1 heterocycles. The summed E-state index contributed by atoms with van der Waals surface area (Å²) in [5.41, 5.74) is 3.74. The molecule has 214 valence electrons. The maximum Gasteiger partial charge on any atom is 0.336 e. The number of carbonyl (C=O) groups is 2. The van der Waals surface area contributed by atoms with Crippen LogP contribution in [0.25, 0.3) is 11.1 Å². The molecule has 1 aliphatic heterocycles. The third-order valence-electron chi connectivity index (χ3n) is 6.89. The van der Waals surface area contributed by atoms with E-state index in [0.717, 1.165) is 12.0 Å². The number of hydrogen-bond acceptors (Lipinski definition) is 6. The SMILES string of the molecule is CCOC1(Cc2ccc(-c3ccccc3C(=O)O)cc2F)N=C(CC)C(CNC(=O)C(S)CCc2ccccc2)=N1. The molecule has 0 fully saturated rings. The first-order valence-corrected chi connectivity index (χ1v) is 14.2. The first-order chi connectivity index (χ1) is 19.7. The van der Waals surface area contributed by atoms with Gasteiger partial charge in [-0.15, -0.1) is 0 Å². The van der Waals surface area contributed by atoms with E-state index in [1.807, 2.05) is 44.2 Å². The van der Waals surface area contributed by atoms with Crippen LogP contribution in [0.15, 0.2) is 82.8 Å². The van der Waals surface area contributed by atoms with Gasteiger partial charge in [-0.05, 0) is 60.6 Å². The van der Waals surface area contributed by atoms with Gasteiger partial charge in [0, 0.05) is 13.0 Å². The summed E-state index contributed by atoms with van der Waals surface area (Å²) in [6.45, 7) is 4.22. The van der Waals surface area contributed by atoms with Crippen LogP contribution in [0, 0.1) is 5.82 Å². The predicted molar refractivity (Wildman–Crippen MR) is 163 cm³/mol. The Morgan fingerprint density at radius 1 is 1.02 bits per heavy atom. The minimum absolute atomic E-state index is 0.0424. The van der Waals surface area contributed by atoms with E-state index in [0.29, 0.717) is 47.6 Å². The number of nitrogens with one attached hydrogen (secondary N) is 1. The first kappa shape index (κ1) is 30.1.